The Hall–Kier alpha value is -3.55. The number of amides is 1. The van der Waals surface area contributed by atoms with Crippen LogP contribution in [0.1, 0.15) is 15.9 Å². The zero-order valence-electron chi connectivity index (χ0n) is 15.1. The molecule has 0 atom stereocenters. The molecule has 0 spiro atoms. The Labute approximate surface area is 160 Å². The van der Waals surface area contributed by atoms with Crippen molar-refractivity contribution in [2.75, 3.05) is 19.0 Å². The van der Waals surface area contributed by atoms with E-state index in [4.69, 9.17) is 4.74 Å². The summed E-state index contributed by atoms with van der Waals surface area (Å²) in [5, 5.41) is 5.54. The number of carbonyl (C=O) groups excluding carboxylic acids is 1. The summed E-state index contributed by atoms with van der Waals surface area (Å²) in [4.78, 5) is 20.3. The highest BCUT2D eigenvalue weighted by Gasteiger charge is 2.09. The summed E-state index contributed by atoms with van der Waals surface area (Å²) in [5.74, 6) is -1.29. The lowest BCUT2D eigenvalue weighted by molar-refractivity contribution is 0.0953. The fourth-order valence-electron chi connectivity index (χ4n) is 2.54. The quantitative estimate of drug-likeness (QED) is 0.652. The Kier molecular flexibility index (Phi) is 6.11. The van der Waals surface area contributed by atoms with Gasteiger partial charge in [0.25, 0.3) is 5.91 Å². The number of nitrogens with zero attached hydrogens (tertiary/aromatic N) is 2. The van der Waals surface area contributed by atoms with Crippen molar-refractivity contribution in [3.05, 3.63) is 77.6 Å². The van der Waals surface area contributed by atoms with Crippen LogP contribution in [0.2, 0.25) is 0 Å². The molecular formula is C20H18F2N4O2. The minimum atomic E-state index is -0.976. The van der Waals surface area contributed by atoms with Gasteiger partial charge in [0.1, 0.15) is 5.75 Å². The third kappa shape index (κ3) is 4.79. The maximum Gasteiger partial charge on any atom is 0.254 e. The number of halogens is 2. The molecule has 0 radical (unpaired) electrons. The van der Waals surface area contributed by atoms with Crippen molar-refractivity contribution in [2.24, 2.45) is 0 Å². The molecule has 1 amide bonds. The Morgan fingerprint density at radius 3 is 2.54 bits per heavy atom. The van der Waals surface area contributed by atoms with Crippen LogP contribution >= 0.6 is 0 Å². The summed E-state index contributed by atoms with van der Waals surface area (Å²) < 4.78 is 31.4. The number of nitrogens with one attached hydrogen (secondary N) is 2. The predicted molar refractivity (Wildman–Crippen MR) is 101 cm³/mol. The van der Waals surface area contributed by atoms with E-state index in [1.165, 1.54) is 18.5 Å². The smallest absolute Gasteiger partial charge is 0.254 e. The highest BCUT2D eigenvalue weighted by Crippen LogP contribution is 2.18. The van der Waals surface area contributed by atoms with Gasteiger partial charge in [-0.1, -0.05) is 18.2 Å². The zero-order chi connectivity index (χ0) is 19.9. The molecule has 0 unspecified atom stereocenters. The standard InChI is InChI=1S/C20H18F2N4O2/c1-28-18-5-3-2-4-13(18)8-9-23-19(27)14-11-24-20(25-12-14)26-15-6-7-16(21)17(22)10-15/h2-7,10-12H,8-9H2,1H3,(H,23,27)(H,24,25,26). The van der Waals surface area contributed by atoms with E-state index in [-0.39, 0.29) is 17.4 Å². The molecule has 0 saturated carbocycles. The predicted octanol–water partition coefficient (Wildman–Crippen LogP) is 3.48. The number of rotatable bonds is 7. The number of ether oxygens (including phenoxy) is 1. The zero-order valence-corrected chi connectivity index (χ0v) is 15.1. The highest BCUT2D eigenvalue weighted by molar-refractivity contribution is 5.93. The first-order valence-corrected chi connectivity index (χ1v) is 8.51. The van der Waals surface area contributed by atoms with Gasteiger partial charge in [-0.2, -0.15) is 0 Å². The summed E-state index contributed by atoms with van der Waals surface area (Å²) in [6.45, 7) is 0.425. The van der Waals surface area contributed by atoms with Crippen molar-refractivity contribution in [3.63, 3.8) is 0 Å². The van der Waals surface area contributed by atoms with E-state index in [1.54, 1.807) is 7.11 Å². The third-order valence-corrected chi connectivity index (χ3v) is 3.96. The van der Waals surface area contributed by atoms with Crippen molar-refractivity contribution >= 4 is 17.5 Å². The van der Waals surface area contributed by atoms with E-state index in [1.807, 2.05) is 24.3 Å². The van der Waals surface area contributed by atoms with Gasteiger partial charge < -0.3 is 15.4 Å². The van der Waals surface area contributed by atoms with Crippen LogP contribution in [0.4, 0.5) is 20.4 Å². The van der Waals surface area contributed by atoms with Crippen LogP contribution in [0.3, 0.4) is 0 Å². The highest BCUT2D eigenvalue weighted by atomic mass is 19.2. The first-order chi connectivity index (χ1) is 13.6. The van der Waals surface area contributed by atoms with Gasteiger partial charge in [0.2, 0.25) is 5.95 Å². The Bertz CT molecular complexity index is 965. The van der Waals surface area contributed by atoms with Crippen molar-refractivity contribution in [3.8, 4) is 5.75 Å². The van der Waals surface area contributed by atoms with Crippen molar-refractivity contribution < 1.29 is 18.3 Å². The van der Waals surface area contributed by atoms with Crippen LogP contribution in [0.5, 0.6) is 5.75 Å². The molecule has 8 heteroatoms. The lowest BCUT2D eigenvalue weighted by Crippen LogP contribution is -2.26. The SMILES string of the molecule is COc1ccccc1CCNC(=O)c1cnc(Nc2ccc(F)c(F)c2)nc1. The molecule has 1 aromatic heterocycles. The molecule has 0 aliphatic rings. The average molecular weight is 384 g/mol. The van der Waals surface area contributed by atoms with Crippen LogP contribution in [0.15, 0.2) is 54.9 Å². The van der Waals surface area contributed by atoms with E-state index >= 15 is 0 Å². The number of hydrogen-bond acceptors (Lipinski definition) is 5. The van der Waals surface area contributed by atoms with E-state index in [9.17, 15) is 13.6 Å². The van der Waals surface area contributed by atoms with E-state index in [2.05, 4.69) is 20.6 Å². The van der Waals surface area contributed by atoms with E-state index in [0.717, 1.165) is 23.4 Å². The Morgan fingerprint density at radius 1 is 1.07 bits per heavy atom. The number of hydrogen-bond donors (Lipinski definition) is 2. The van der Waals surface area contributed by atoms with Crippen LogP contribution in [0, 0.1) is 11.6 Å². The topological polar surface area (TPSA) is 76.1 Å². The molecule has 28 heavy (non-hydrogen) atoms. The first kappa shape index (κ1) is 19.2. The molecule has 0 bridgehead atoms. The number of methoxy groups -OCH3 is 1. The molecule has 0 saturated heterocycles. The lowest BCUT2D eigenvalue weighted by atomic mass is 10.1. The second-order valence-electron chi connectivity index (χ2n) is 5.87. The molecule has 0 fully saturated rings. The molecule has 3 rings (SSSR count). The van der Waals surface area contributed by atoms with Gasteiger partial charge >= 0.3 is 0 Å². The molecule has 1 heterocycles. The van der Waals surface area contributed by atoms with Gasteiger partial charge in [-0.3, -0.25) is 4.79 Å². The largest absolute Gasteiger partial charge is 0.496 e. The van der Waals surface area contributed by atoms with Crippen molar-refractivity contribution in [1.29, 1.82) is 0 Å². The van der Waals surface area contributed by atoms with E-state index < -0.39 is 11.6 Å². The molecular weight excluding hydrogens is 366 g/mol. The number of benzene rings is 2. The molecule has 3 aromatic rings. The number of para-hydroxylation sites is 1. The molecule has 0 aliphatic carbocycles. The number of carbonyl (C=O) groups is 1. The molecule has 6 nitrogen and oxygen atoms in total. The molecule has 2 aromatic carbocycles. The van der Waals surface area contributed by atoms with Crippen LogP contribution < -0.4 is 15.4 Å². The average Bonchev–Trinajstić information content (AvgIpc) is 2.71. The minimum absolute atomic E-state index is 0.164. The summed E-state index contributed by atoms with van der Waals surface area (Å²) >= 11 is 0. The van der Waals surface area contributed by atoms with Crippen LogP contribution in [-0.4, -0.2) is 29.5 Å². The Balaban J connectivity index is 1.55. The molecule has 0 aliphatic heterocycles. The summed E-state index contributed by atoms with van der Waals surface area (Å²) in [6, 6.07) is 11.0. The second-order valence-corrected chi connectivity index (χ2v) is 5.87. The third-order valence-electron chi connectivity index (χ3n) is 3.96. The van der Waals surface area contributed by atoms with Crippen LogP contribution in [0.25, 0.3) is 0 Å². The Morgan fingerprint density at radius 2 is 1.82 bits per heavy atom. The fraction of sp³-hybridized carbons (Fsp3) is 0.150. The first-order valence-electron chi connectivity index (χ1n) is 8.51. The number of anilines is 2. The van der Waals surface area contributed by atoms with Gasteiger partial charge in [-0.15, -0.1) is 0 Å². The van der Waals surface area contributed by atoms with Crippen molar-refractivity contribution in [2.45, 2.75) is 6.42 Å². The number of aromatic nitrogens is 2. The van der Waals surface area contributed by atoms with Crippen molar-refractivity contribution in [1.82, 2.24) is 15.3 Å². The normalized spacial score (nSPS) is 10.4. The lowest BCUT2D eigenvalue weighted by Gasteiger charge is -2.09. The summed E-state index contributed by atoms with van der Waals surface area (Å²) in [7, 11) is 1.60. The van der Waals surface area contributed by atoms with Gasteiger partial charge in [0, 0.05) is 30.7 Å². The monoisotopic (exact) mass is 384 g/mol. The van der Waals surface area contributed by atoms with Gasteiger partial charge in [0.05, 0.1) is 12.7 Å². The van der Waals surface area contributed by atoms with Gasteiger partial charge in [-0.05, 0) is 30.2 Å². The molecule has 2 N–H and O–H groups in total. The minimum Gasteiger partial charge on any atom is -0.496 e. The van der Waals surface area contributed by atoms with E-state index in [0.29, 0.717) is 18.7 Å². The summed E-state index contributed by atoms with van der Waals surface area (Å²) in [6.07, 6.45) is 3.33. The molecule has 144 valence electrons. The maximum atomic E-state index is 13.2. The second kappa shape index (κ2) is 8.90. The van der Waals surface area contributed by atoms with Gasteiger partial charge in [0.15, 0.2) is 11.6 Å². The fourth-order valence-corrected chi connectivity index (χ4v) is 2.54. The summed E-state index contributed by atoms with van der Waals surface area (Å²) in [5.41, 5.74) is 1.58. The van der Waals surface area contributed by atoms with Crippen LogP contribution in [-0.2, 0) is 6.42 Å². The maximum absolute atomic E-state index is 13.2. The van der Waals surface area contributed by atoms with Gasteiger partial charge in [-0.25, -0.2) is 18.7 Å².